The number of hydrogen-bond acceptors (Lipinski definition) is 4. The fraction of sp³-hybridized carbons (Fsp3) is 1.00. The lowest BCUT2D eigenvalue weighted by Gasteiger charge is -2.38. The number of sulfone groups is 1. The van der Waals surface area contributed by atoms with Crippen molar-refractivity contribution in [3.05, 3.63) is 0 Å². The molecule has 5 heteroatoms. The Morgan fingerprint density at radius 1 is 1.26 bits per heavy atom. The van der Waals surface area contributed by atoms with Crippen LogP contribution < -0.4 is 5.32 Å². The molecule has 1 saturated heterocycles. The molecule has 0 amide bonds. The van der Waals surface area contributed by atoms with Crippen LogP contribution >= 0.6 is 0 Å². The van der Waals surface area contributed by atoms with Crippen LogP contribution in [0.15, 0.2) is 0 Å². The van der Waals surface area contributed by atoms with Gasteiger partial charge in [0.15, 0.2) is 9.84 Å². The number of nitrogens with one attached hydrogen (secondary N) is 1. The summed E-state index contributed by atoms with van der Waals surface area (Å²) in [6.45, 7) is 12.3. The summed E-state index contributed by atoms with van der Waals surface area (Å²) >= 11 is 0. The molecule has 114 valence electrons. The highest BCUT2D eigenvalue weighted by atomic mass is 32.2. The van der Waals surface area contributed by atoms with Crippen LogP contribution in [0, 0.1) is 5.41 Å². The third-order valence-corrected chi connectivity index (χ3v) is 5.44. The van der Waals surface area contributed by atoms with E-state index in [-0.39, 0.29) is 5.41 Å². The summed E-state index contributed by atoms with van der Waals surface area (Å²) in [5.74, 6) is 0.652. The Balaban J connectivity index is 2.53. The monoisotopic (exact) mass is 290 g/mol. The quantitative estimate of drug-likeness (QED) is 0.772. The molecular weight excluding hydrogens is 260 g/mol. The molecule has 1 atom stereocenters. The Kier molecular flexibility index (Phi) is 6.27. The van der Waals surface area contributed by atoms with Crippen LogP contribution in [0.4, 0.5) is 0 Å². The van der Waals surface area contributed by atoms with Crippen LogP contribution in [0.3, 0.4) is 0 Å². The Bertz CT molecular complexity index is 354. The summed E-state index contributed by atoms with van der Waals surface area (Å²) in [6, 6.07) is 0.498. The van der Waals surface area contributed by atoms with Gasteiger partial charge in [0, 0.05) is 32.2 Å². The van der Waals surface area contributed by atoms with Gasteiger partial charge in [0.25, 0.3) is 0 Å². The van der Waals surface area contributed by atoms with Gasteiger partial charge in [-0.3, -0.25) is 0 Å². The minimum atomic E-state index is -2.77. The van der Waals surface area contributed by atoms with Crippen LogP contribution in [0.1, 0.15) is 40.5 Å². The van der Waals surface area contributed by atoms with Crippen molar-refractivity contribution in [1.82, 2.24) is 10.2 Å². The minimum Gasteiger partial charge on any atom is -0.314 e. The number of nitrogens with zero attached hydrogens (tertiary/aromatic N) is 1. The molecule has 0 aromatic carbocycles. The lowest BCUT2D eigenvalue weighted by Crippen LogP contribution is -2.48. The third kappa shape index (κ3) is 6.23. The van der Waals surface area contributed by atoms with Gasteiger partial charge in [-0.2, -0.15) is 0 Å². The smallest absolute Gasteiger partial charge is 0.152 e. The summed E-state index contributed by atoms with van der Waals surface area (Å²) < 4.78 is 22.9. The van der Waals surface area contributed by atoms with Crippen LogP contribution in [0.2, 0.25) is 0 Å². The molecule has 1 rings (SSSR count). The topological polar surface area (TPSA) is 49.4 Å². The zero-order valence-corrected chi connectivity index (χ0v) is 13.7. The van der Waals surface area contributed by atoms with Crippen LogP contribution in [0.5, 0.6) is 0 Å². The largest absolute Gasteiger partial charge is 0.314 e. The normalized spacial score (nSPS) is 23.4. The number of hydrogen-bond donors (Lipinski definition) is 1. The molecule has 1 N–H and O–H groups in total. The lowest BCUT2D eigenvalue weighted by molar-refractivity contribution is 0.155. The molecule has 1 heterocycles. The standard InChI is InChI=1S/C14H30N2O2S/c1-5-6-14(4,11-15-13(2)3)12-16-7-9-19(17,18)10-8-16/h13,15H,5-12H2,1-4H3. The SMILES string of the molecule is CCCC(C)(CNC(C)C)CN1CCS(=O)(=O)CC1. The second-order valence-corrected chi connectivity index (χ2v) is 8.83. The molecule has 1 unspecified atom stereocenters. The summed E-state index contributed by atoms with van der Waals surface area (Å²) in [6.07, 6.45) is 2.35. The fourth-order valence-electron chi connectivity index (χ4n) is 2.73. The fourth-order valence-corrected chi connectivity index (χ4v) is 4.00. The molecule has 0 aliphatic carbocycles. The van der Waals surface area contributed by atoms with Gasteiger partial charge in [0.1, 0.15) is 0 Å². The Morgan fingerprint density at radius 2 is 1.84 bits per heavy atom. The maximum Gasteiger partial charge on any atom is 0.152 e. The Hall–Kier alpha value is -0.130. The third-order valence-electron chi connectivity index (χ3n) is 3.83. The summed E-state index contributed by atoms with van der Waals surface area (Å²) in [5, 5.41) is 3.53. The van der Waals surface area contributed by atoms with E-state index in [4.69, 9.17) is 0 Å². The van der Waals surface area contributed by atoms with E-state index in [1.165, 1.54) is 12.8 Å². The molecule has 0 aromatic rings. The molecule has 1 aliphatic heterocycles. The maximum absolute atomic E-state index is 11.5. The molecule has 0 aromatic heterocycles. The van der Waals surface area contributed by atoms with Gasteiger partial charge in [-0.25, -0.2) is 8.42 Å². The van der Waals surface area contributed by atoms with E-state index in [9.17, 15) is 8.42 Å². The zero-order valence-electron chi connectivity index (χ0n) is 12.9. The van der Waals surface area contributed by atoms with Gasteiger partial charge >= 0.3 is 0 Å². The average molecular weight is 290 g/mol. The van der Waals surface area contributed by atoms with E-state index < -0.39 is 9.84 Å². The van der Waals surface area contributed by atoms with E-state index in [0.717, 1.165) is 13.1 Å². The highest BCUT2D eigenvalue weighted by molar-refractivity contribution is 7.91. The van der Waals surface area contributed by atoms with Crippen molar-refractivity contribution in [2.45, 2.75) is 46.6 Å². The molecular formula is C14H30N2O2S. The maximum atomic E-state index is 11.5. The van der Waals surface area contributed by atoms with Crippen molar-refractivity contribution >= 4 is 9.84 Å². The van der Waals surface area contributed by atoms with Gasteiger partial charge < -0.3 is 10.2 Å². The van der Waals surface area contributed by atoms with Gasteiger partial charge in [-0.05, 0) is 11.8 Å². The van der Waals surface area contributed by atoms with E-state index in [2.05, 4.69) is 37.9 Å². The molecule has 19 heavy (non-hydrogen) atoms. The van der Waals surface area contributed by atoms with Crippen molar-refractivity contribution in [2.24, 2.45) is 5.41 Å². The molecule has 0 bridgehead atoms. The van der Waals surface area contributed by atoms with Gasteiger partial charge in [0.05, 0.1) is 11.5 Å². The summed E-state index contributed by atoms with van der Waals surface area (Å²) in [7, 11) is -2.77. The Labute approximate surface area is 118 Å². The predicted molar refractivity (Wildman–Crippen MR) is 81.2 cm³/mol. The number of rotatable bonds is 7. The second kappa shape index (κ2) is 7.04. The highest BCUT2D eigenvalue weighted by Crippen LogP contribution is 2.25. The van der Waals surface area contributed by atoms with Gasteiger partial charge in [0.2, 0.25) is 0 Å². The summed E-state index contributed by atoms with van der Waals surface area (Å²) in [5.41, 5.74) is 0.236. The Morgan fingerprint density at radius 3 is 2.32 bits per heavy atom. The first-order valence-electron chi connectivity index (χ1n) is 7.42. The van der Waals surface area contributed by atoms with Crippen LogP contribution in [-0.4, -0.2) is 57.0 Å². The first-order valence-corrected chi connectivity index (χ1v) is 9.25. The van der Waals surface area contributed by atoms with Crippen LogP contribution in [-0.2, 0) is 9.84 Å². The van der Waals surface area contributed by atoms with Gasteiger partial charge in [-0.1, -0.05) is 34.1 Å². The molecule has 0 saturated carbocycles. The molecule has 1 aliphatic rings. The minimum absolute atomic E-state index is 0.236. The van der Waals surface area contributed by atoms with Crippen molar-refractivity contribution in [2.75, 3.05) is 37.7 Å². The zero-order chi connectivity index (χ0) is 14.5. The first-order chi connectivity index (χ1) is 8.76. The van der Waals surface area contributed by atoms with E-state index in [1.807, 2.05) is 0 Å². The second-order valence-electron chi connectivity index (χ2n) is 6.52. The van der Waals surface area contributed by atoms with Crippen molar-refractivity contribution in [3.63, 3.8) is 0 Å². The van der Waals surface area contributed by atoms with E-state index in [1.54, 1.807) is 0 Å². The molecule has 1 fully saturated rings. The van der Waals surface area contributed by atoms with Crippen molar-refractivity contribution < 1.29 is 8.42 Å². The molecule has 0 radical (unpaired) electrons. The van der Waals surface area contributed by atoms with Crippen molar-refractivity contribution in [1.29, 1.82) is 0 Å². The molecule has 4 nitrogen and oxygen atoms in total. The van der Waals surface area contributed by atoms with Gasteiger partial charge in [-0.15, -0.1) is 0 Å². The van der Waals surface area contributed by atoms with Crippen molar-refractivity contribution in [3.8, 4) is 0 Å². The highest BCUT2D eigenvalue weighted by Gasteiger charge is 2.29. The van der Waals surface area contributed by atoms with E-state index in [0.29, 0.717) is 30.6 Å². The summed E-state index contributed by atoms with van der Waals surface area (Å²) in [4.78, 5) is 2.32. The van der Waals surface area contributed by atoms with Crippen LogP contribution in [0.25, 0.3) is 0 Å². The molecule has 0 spiro atoms. The lowest BCUT2D eigenvalue weighted by atomic mass is 9.84. The predicted octanol–water partition coefficient (Wildman–Crippen LogP) is 1.52. The van der Waals surface area contributed by atoms with E-state index >= 15 is 0 Å². The first kappa shape index (κ1) is 16.9. The average Bonchev–Trinajstić information content (AvgIpc) is 2.30.